The molecule has 0 heterocycles. The Bertz CT molecular complexity index is 604. The third-order valence-corrected chi connectivity index (χ3v) is 3.08. The molecule has 0 saturated heterocycles. The van der Waals surface area contributed by atoms with E-state index in [1.165, 1.54) is 6.92 Å². The first-order valence-electron chi connectivity index (χ1n) is 6.90. The van der Waals surface area contributed by atoms with E-state index in [-0.39, 0.29) is 29.0 Å². The Kier molecular flexibility index (Phi) is 6.35. The number of rotatable bonds is 7. The van der Waals surface area contributed by atoms with Crippen LogP contribution in [0.1, 0.15) is 37.6 Å². The maximum absolute atomic E-state index is 13.5. The molecule has 128 valence electrons. The van der Waals surface area contributed by atoms with Crippen molar-refractivity contribution < 1.29 is 28.9 Å². The van der Waals surface area contributed by atoms with Crippen LogP contribution in [0.3, 0.4) is 0 Å². The molecule has 0 aromatic heterocycles. The highest BCUT2D eigenvalue weighted by molar-refractivity contribution is 6.31. The smallest absolute Gasteiger partial charge is 0.306 e. The third kappa shape index (κ3) is 6.03. The first kappa shape index (κ1) is 19.2. The van der Waals surface area contributed by atoms with Crippen molar-refractivity contribution in [3.63, 3.8) is 0 Å². The molecule has 1 amide bonds. The van der Waals surface area contributed by atoms with E-state index in [4.69, 9.17) is 21.4 Å². The van der Waals surface area contributed by atoms with E-state index < -0.39 is 29.7 Å². The van der Waals surface area contributed by atoms with Crippen LogP contribution in [-0.2, 0) is 4.79 Å². The standard InChI is InChI=1S/C15H19ClFNO5/c1-8(2)23-12-5-11(17)10(16)4-9(12)14(21)18-7-15(3,22)6-13(19)20/h4-5,8,22H,6-7H2,1-3H3,(H,18,21)(H,19,20). The number of benzene rings is 1. The summed E-state index contributed by atoms with van der Waals surface area (Å²) in [6.07, 6.45) is -0.829. The monoisotopic (exact) mass is 347 g/mol. The number of aliphatic carboxylic acids is 1. The summed E-state index contributed by atoms with van der Waals surface area (Å²) >= 11 is 5.69. The Balaban J connectivity index is 2.94. The van der Waals surface area contributed by atoms with Crippen molar-refractivity contribution >= 4 is 23.5 Å². The lowest BCUT2D eigenvalue weighted by Gasteiger charge is -2.22. The summed E-state index contributed by atoms with van der Waals surface area (Å²) in [6.45, 7) is 4.41. The van der Waals surface area contributed by atoms with E-state index in [1.807, 2.05) is 0 Å². The van der Waals surface area contributed by atoms with Gasteiger partial charge in [0.1, 0.15) is 11.6 Å². The highest BCUT2D eigenvalue weighted by atomic mass is 35.5. The molecule has 1 unspecified atom stereocenters. The van der Waals surface area contributed by atoms with E-state index in [0.717, 1.165) is 12.1 Å². The molecule has 0 bridgehead atoms. The van der Waals surface area contributed by atoms with Crippen LogP contribution in [0.4, 0.5) is 4.39 Å². The molecule has 0 aliphatic rings. The molecule has 1 rings (SSSR count). The summed E-state index contributed by atoms with van der Waals surface area (Å²) in [5.74, 6) is -2.57. The molecule has 0 saturated carbocycles. The summed E-state index contributed by atoms with van der Waals surface area (Å²) in [4.78, 5) is 22.8. The van der Waals surface area contributed by atoms with Crippen LogP contribution in [0.15, 0.2) is 12.1 Å². The molecule has 6 nitrogen and oxygen atoms in total. The molecular weight excluding hydrogens is 329 g/mol. The number of carboxylic acids is 1. The minimum Gasteiger partial charge on any atom is -0.490 e. The number of hydrogen-bond acceptors (Lipinski definition) is 4. The molecule has 0 radical (unpaired) electrons. The maximum atomic E-state index is 13.5. The molecule has 1 aromatic carbocycles. The second-order valence-corrected chi connectivity index (χ2v) is 6.09. The van der Waals surface area contributed by atoms with Gasteiger partial charge in [0.2, 0.25) is 0 Å². The van der Waals surface area contributed by atoms with Crippen molar-refractivity contribution in [2.45, 2.75) is 38.9 Å². The van der Waals surface area contributed by atoms with Crippen molar-refractivity contribution in [3.8, 4) is 5.75 Å². The number of halogens is 2. The minimum absolute atomic E-state index is 0.00350. The van der Waals surface area contributed by atoms with Crippen molar-refractivity contribution in [1.29, 1.82) is 0 Å². The van der Waals surface area contributed by atoms with Gasteiger partial charge in [-0.25, -0.2) is 4.39 Å². The van der Waals surface area contributed by atoms with Gasteiger partial charge >= 0.3 is 5.97 Å². The minimum atomic E-state index is -1.62. The van der Waals surface area contributed by atoms with Gasteiger partial charge in [0.05, 0.1) is 28.7 Å². The normalized spacial score (nSPS) is 13.5. The van der Waals surface area contributed by atoms with Crippen molar-refractivity contribution in [1.82, 2.24) is 5.32 Å². The Morgan fingerprint density at radius 1 is 1.43 bits per heavy atom. The van der Waals surface area contributed by atoms with Gasteiger partial charge in [-0.1, -0.05) is 11.6 Å². The lowest BCUT2D eigenvalue weighted by Crippen LogP contribution is -2.42. The lowest BCUT2D eigenvalue weighted by atomic mass is 10.0. The Labute approximate surface area is 138 Å². The molecule has 0 spiro atoms. The van der Waals surface area contributed by atoms with E-state index in [1.54, 1.807) is 13.8 Å². The molecule has 1 atom stereocenters. The molecule has 1 aromatic rings. The van der Waals surface area contributed by atoms with Crippen LogP contribution in [0.25, 0.3) is 0 Å². The molecule has 0 aliphatic carbocycles. The van der Waals surface area contributed by atoms with Crippen LogP contribution in [-0.4, -0.2) is 40.3 Å². The van der Waals surface area contributed by atoms with Gasteiger partial charge in [0, 0.05) is 12.6 Å². The van der Waals surface area contributed by atoms with Crippen molar-refractivity contribution in [2.75, 3.05) is 6.54 Å². The summed E-state index contributed by atoms with van der Waals surface area (Å²) < 4.78 is 18.9. The van der Waals surface area contributed by atoms with Gasteiger partial charge in [0.15, 0.2) is 0 Å². The molecular formula is C15H19ClFNO5. The first-order chi connectivity index (χ1) is 10.5. The third-order valence-electron chi connectivity index (χ3n) is 2.79. The van der Waals surface area contributed by atoms with Crippen LogP contribution in [0.5, 0.6) is 5.75 Å². The molecule has 3 N–H and O–H groups in total. The number of aliphatic hydroxyl groups is 1. The number of hydrogen-bond donors (Lipinski definition) is 3. The topological polar surface area (TPSA) is 95.9 Å². The predicted octanol–water partition coefficient (Wildman–Crippen LogP) is 2.22. The van der Waals surface area contributed by atoms with Gasteiger partial charge in [-0.05, 0) is 26.8 Å². The number of nitrogens with one attached hydrogen (secondary N) is 1. The maximum Gasteiger partial charge on any atom is 0.306 e. The number of ether oxygens (including phenoxy) is 1. The van der Waals surface area contributed by atoms with Gasteiger partial charge in [-0.2, -0.15) is 0 Å². The quantitative estimate of drug-likeness (QED) is 0.703. The Morgan fingerprint density at radius 3 is 2.57 bits per heavy atom. The zero-order chi connectivity index (χ0) is 17.8. The van der Waals surface area contributed by atoms with Gasteiger partial charge in [-0.3, -0.25) is 9.59 Å². The average molecular weight is 348 g/mol. The Hall–Kier alpha value is -1.86. The lowest BCUT2D eigenvalue weighted by molar-refractivity contribution is -0.141. The zero-order valence-corrected chi connectivity index (χ0v) is 13.8. The summed E-state index contributed by atoms with van der Waals surface area (Å²) in [5, 5.41) is 20.7. The van der Waals surface area contributed by atoms with Crippen LogP contribution in [0, 0.1) is 5.82 Å². The summed E-state index contributed by atoms with van der Waals surface area (Å²) in [7, 11) is 0. The zero-order valence-electron chi connectivity index (χ0n) is 13.0. The van der Waals surface area contributed by atoms with E-state index in [9.17, 15) is 19.1 Å². The van der Waals surface area contributed by atoms with Crippen molar-refractivity contribution in [2.24, 2.45) is 0 Å². The molecule has 8 heteroatoms. The highest BCUT2D eigenvalue weighted by Crippen LogP contribution is 2.27. The van der Waals surface area contributed by atoms with Crippen molar-refractivity contribution in [3.05, 3.63) is 28.5 Å². The summed E-state index contributed by atoms with van der Waals surface area (Å²) in [5.41, 5.74) is -1.62. The van der Waals surface area contributed by atoms with Crippen LogP contribution >= 0.6 is 11.6 Å². The number of carbonyl (C=O) groups excluding carboxylic acids is 1. The molecule has 0 fully saturated rings. The van der Waals surface area contributed by atoms with E-state index in [2.05, 4.69) is 5.32 Å². The molecule has 23 heavy (non-hydrogen) atoms. The van der Waals surface area contributed by atoms with E-state index in [0.29, 0.717) is 0 Å². The average Bonchev–Trinajstić information content (AvgIpc) is 2.38. The fraction of sp³-hybridized carbons (Fsp3) is 0.467. The SMILES string of the molecule is CC(C)Oc1cc(F)c(Cl)cc1C(=O)NCC(C)(O)CC(=O)O. The van der Waals surface area contributed by atoms with Crippen LogP contribution < -0.4 is 10.1 Å². The second-order valence-electron chi connectivity index (χ2n) is 5.68. The second kappa shape index (κ2) is 7.61. The number of carboxylic acid groups (broad SMARTS) is 1. The Morgan fingerprint density at radius 2 is 2.04 bits per heavy atom. The van der Waals surface area contributed by atoms with E-state index >= 15 is 0 Å². The number of amides is 1. The molecule has 0 aliphatic heterocycles. The van der Waals surface area contributed by atoms with Gasteiger partial charge < -0.3 is 20.3 Å². The van der Waals surface area contributed by atoms with Gasteiger partial charge in [-0.15, -0.1) is 0 Å². The van der Waals surface area contributed by atoms with Gasteiger partial charge in [0.25, 0.3) is 5.91 Å². The largest absolute Gasteiger partial charge is 0.490 e. The highest BCUT2D eigenvalue weighted by Gasteiger charge is 2.26. The first-order valence-corrected chi connectivity index (χ1v) is 7.27. The fourth-order valence-corrected chi connectivity index (χ4v) is 1.98. The number of carbonyl (C=O) groups is 2. The predicted molar refractivity (Wildman–Crippen MR) is 82.4 cm³/mol. The van der Waals surface area contributed by atoms with Crippen LogP contribution in [0.2, 0.25) is 5.02 Å². The summed E-state index contributed by atoms with van der Waals surface area (Å²) in [6, 6.07) is 2.13. The fourth-order valence-electron chi connectivity index (χ4n) is 1.81.